The van der Waals surface area contributed by atoms with Gasteiger partial charge < -0.3 is 30.2 Å². The van der Waals surface area contributed by atoms with Crippen LogP contribution in [0.2, 0.25) is 0 Å². The Morgan fingerprint density at radius 1 is 1.26 bits per heavy atom. The second-order valence-corrected chi connectivity index (χ2v) is 6.25. The normalized spacial score (nSPS) is 15.3. The predicted molar refractivity (Wildman–Crippen MR) is 104 cm³/mol. The minimum atomic E-state index is -0.241. The first-order valence-electron chi connectivity index (χ1n) is 9.37. The summed E-state index contributed by atoms with van der Waals surface area (Å²) >= 11 is 0. The lowest BCUT2D eigenvalue weighted by atomic mass is 10.1. The van der Waals surface area contributed by atoms with Gasteiger partial charge in [-0.05, 0) is 44.0 Å². The van der Waals surface area contributed by atoms with E-state index in [0.29, 0.717) is 38.8 Å². The lowest BCUT2D eigenvalue weighted by Crippen LogP contribution is -2.48. The molecule has 0 atom stereocenters. The zero-order valence-corrected chi connectivity index (χ0v) is 16.1. The van der Waals surface area contributed by atoms with Crippen molar-refractivity contribution in [1.82, 2.24) is 10.2 Å². The number of carbonyl (C=O) groups excluding carboxylic acids is 1. The third-order valence-corrected chi connectivity index (χ3v) is 4.29. The number of hydrogen-bond donors (Lipinski definition) is 2. The molecular weight excluding hydrogens is 348 g/mol. The summed E-state index contributed by atoms with van der Waals surface area (Å²) in [5.74, 6) is 2.05. The number of piperidine rings is 1. The Bertz CT molecular complexity index is 598. The minimum absolute atomic E-state index is 0.231. The van der Waals surface area contributed by atoms with Gasteiger partial charge in [-0.15, -0.1) is 0 Å². The number of aliphatic imine (C=N–C) groups is 1. The predicted octanol–water partition coefficient (Wildman–Crippen LogP) is 1.99. The summed E-state index contributed by atoms with van der Waals surface area (Å²) < 4.78 is 15.8. The summed E-state index contributed by atoms with van der Waals surface area (Å²) in [6.45, 7) is 4.71. The molecular formula is C19H30N4O4. The summed E-state index contributed by atoms with van der Waals surface area (Å²) in [6, 6.07) is 7.71. The monoisotopic (exact) mass is 378 g/mol. The van der Waals surface area contributed by atoms with Crippen LogP contribution >= 0.6 is 0 Å². The van der Waals surface area contributed by atoms with Gasteiger partial charge in [0, 0.05) is 32.1 Å². The van der Waals surface area contributed by atoms with Crippen molar-refractivity contribution in [2.75, 3.05) is 40.0 Å². The molecule has 8 nitrogen and oxygen atoms in total. The summed E-state index contributed by atoms with van der Waals surface area (Å²) in [5, 5.41) is 3.23. The van der Waals surface area contributed by atoms with Crippen LogP contribution in [0.25, 0.3) is 0 Å². The molecule has 1 fully saturated rings. The first kappa shape index (κ1) is 20.7. The lowest BCUT2D eigenvalue weighted by molar-refractivity contribution is 0.0963. The lowest BCUT2D eigenvalue weighted by Gasteiger charge is -2.31. The van der Waals surface area contributed by atoms with E-state index in [1.165, 1.54) is 0 Å². The fraction of sp³-hybridized carbons (Fsp3) is 0.579. The van der Waals surface area contributed by atoms with Crippen molar-refractivity contribution in [2.45, 2.75) is 32.2 Å². The van der Waals surface area contributed by atoms with Gasteiger partial charge in [0.05, 0.1) is 20.3 Å². The third kappa shape index (κ3) is 7.24. The van der Waals surface area contributed by atoms with Gasteiger partial charge in [-0.2, -0.15) is 0 Å². The van der Waals surface area contributed by atoms with E-state index in [1.54, 1.807) is 12.0 Å². The number of ether oxygens (including phenoxy) is 3. The van der Waals surface area contributed by atoms with Crippen molar-refractivity contribution in [2.24, 2.45) is 10.7 Å². The van der Waals surface area contributed by atoms with Gasteiger partial charge in [-0.25, -0.2) is 4.79 Å². The first-order chi connectivity index (χ1) is 13.1. The van der Waals surface area contributed by atoms with E-state index in [9.17, 15) is 4.79 Å². The van der Waals surface area contributed by atoms with Crippen LogP contribution in [-0.4, -0.2) is 63.0 Å². The van der Waals surface area contributed by atoms with Gasteiger partial charge in [0.2, 0.25) is 0 Å². The zero-order chi connectivity index (χ0) is 19.5. The van der Waals surface area contributed by atoms with E-state index in [4.69, 9.17) is 19.9 Å². The maximum Gasteiger partial charge on any atom is 0.409 e. The Morgan fingerprint density at radius 2 is 1.93 bits per heavy atom. The molecule has 1 aromatic rings. The van der Waals surface area contributed by atoms with Gasteiger partial charge in [0.25, 0.3) is 0 Å². The van der Waals surface area contributed by atoms with Crippen LogP contribution in [0.15, 0.2) is 29.3 Å². The number of likely N-dealkylation sites (tertiary alicyclic amines) is 1. The summed E-state index contributed by atoms with van der Waals surface area (Å²) in [5.41, 5.74) is 5.95. The van der Waals surface area contributed by atoms with Crippen molar-refractivity contribution >= 4 is 12.1 Å². The van der Waals surface area contributed by atoms with Gasteiger partial charge in [0.1, 0.15) is 11.5 Å². The van der Waals surface area contributed by atoms with Gasteiger partial charge in [0.15, 0.2) is 5.96 Å². The highest BCUT2D eigenvalue weighted by atomic mass is 16.6. The van der Waals surface area contributed by atoms with Crippen molar-refractivity contribution in [3.8, 4) is 11.5 Å². The number of carbonyl (C=O) groups is 1. The molecule has 1 aromatic carbocycles. The molecule has 3 N–H and O–H groups in total. The smallest absolute Gasteiger partial charge is 0.409 e. The Morgan fingerprint density at radius 3 is 2.56 bits per heavy atom. The van der Waals surface area contributed by atoms with Crippen LogP contribution in [0.4, 0.5) is 4.79 Å². The number of methoxy groups -OCH3 is 1. The van der Waals surface area contributed by atoms with E-state index in [-0.39, 0.29) is 12.1 Å². The number of nitrogens with zero attached hydrogens (tertiary/aromatic N) is 2. The molecule has 1 aliphatic heterocycles. The molecule has 8 heteroatoms. The molecule has 0 bridgehead atoms. The molecule has 1 heterocycles. The van der Waals surface area contributed by atoms with E-state index in [0.717, 1.165) is 30.8 Å². The molecule has 0 aliphatic carbocycles. The molecule has 1 amide bonds. The minimum Gasteiger partial charge on any atom is -0.497 e. The largest absolute Gasteiger partial charge is 0.497 e. The van der Waals surface area contributed by atoms with Crippen LogP contribution < -0.4 is 20.5 Å². The Balaban J connectivity index is 1.60. The average molecular weight is 378 g/mol. The fourth-order valence-corrected chi connectivity index (χ4v) is 2.80. The van der Waals surface area contributed by atoms with E-state index in [2.05, 4.69) is 10.3 Å². The van der Waals surface area contributed by atoms with Crippen molar-refractivity contribution in [3.05, 3.63) is 24.3 Å². The van der Waals surface area contributed by atoms with E-state index in [1.807, 2.05) is 31.2 Å². The van der Waals surface area contributed by atoms with Crippen LogP contribution in [0.3, 0.4) is 0 Å². The molecule has 0 unspecified atom stereocenters. The molecule has 1 saturated heterocycles. The molecule has 27 heavy (non-hydrogen) atoms. The van der Waals surface area contributed by atoms with Gasteiger partial charge in [-0.3, -0.25) is 4.99 Å². The number of benzene rings is 1. The zero-order valence-electron chi connectivity index (χ0n) is 16.1. The fourth-order valence-electron chi connectivity index (χ4n) is 2.80. The summed E-state index contributed by atoms with van der Waals surface area (Å²) in [7, 11) is 1.63. The van der Waals surface area contributed by atoms with Crippen LogP contribution in [0, 0.1) is 0 Å². The Hall–Kier alpha value is -2.64. The molecule has 0 radical (unpaired) electrons. The second kappa shape index (κ2) is 11.2. The molecule has 150 valence electrons. The summed E-state index contributed by atoms with van der Waals surface area (Å²) in [6.07, 6.45) is 2.19. The maximum atomic E-state index is 11.7. The number of amides is 1. The van der Waals surface area contributed by atoms with Crippen molar-refractivity contribution in [3.63, 3.8) is 0 Å². The van der Waals surface area contributed by atoms with Crippen LogP contribution in [-0.2, 0) is 4.74 Å². The highest BCUT2D eigenvalue weighted by Crippen LogP contribution is 2.17. The highest BCUT2D eigenvalue weighted by Gasteiger charge is 2.23. The molecule has 0 aromatic heterocycles. The standard InChI is InChI=1S/C19H30N4O4/c1-3-26-19(24)23-12-9-15(10-13-23)22-18(20)21-11-4-14-27-17-7-5-16(25-2)6-8-17/h5-8,15H,3-4,9-14H2,1-2H3,(H3,20,21,22). The topological polar surface area (TPSA) is 98.4 Å². The molecule has 1 aliphatic rings. The molecule has 0 spiro atoms. The Labute approximate surface area is 160 Å². The van der Waals surface area contributed by atoms with Gasteiger partial charge >= 0.3 is 6.09 Å². The number of rotatable bonds is 8. The SMILES string of the molecule is CCOC(=O)N1CCC(NC(N)=NCCCOc2ccc(OC)cc2)CC1. The number of nitrogens with two attached hydrogens (primary N) is 1. The number of nitrogens with one attached hydrogen (secondary N) is 1. The van der Waals surface area contributed by atoms with E-state index < -0.39 is 0 Å². The molecule has 0 saturated carbocycles. The van der Waals surface area contributed by atoms with E-state index >= 15 is 0 Å². The molecule has 2 rings (SSSR count). The quantitative estimate of drug-likeness (QED) is 0.408. The second-order valence-electron chi connectivity index (χ2n) is 6.25. The highest BCUT2D eigenvalue weighted by molar-refractivity contribution is 5.78. The summed E-state index contributed by atoms with van der Waals surface area (Å²) in [4.78, 5) is 17.7. The van der Waals surface area contributed by atoms with Crippen molar-refractivity contribution < 1.29 is 19.0 Å². The van der Waals surface area contributed by atoms with Crippen LogP contribution in [0.5, 0.6) is 11.5 Å². The first-order valence-corrected chi connectivity index (χ1v) is 9.37. The number of hydrogen-bond acceptors (Lipinski definition) is 5. The van der Waals surface area contributed by atoms with Crippen LogP contribution in [0.1, 0.15) is 26.2 Å². The van der Waals surface area contributed by atoms with Crippen molar-refractivity contribution in [1.29, 1.82) is 0 Å². The number of guanidine groups is 1. The van der Waals surface area contributed by atoms with Gasteiger partial charge in [-0.1, -0.05) is 0 Å². The third-order valence-electron chi connectivity index (χ3n) is 4.29. The average Bonchev–Trinajstić information content (AvgIpc) is 2.69. The Kier molecular flexibility index (Phi) is 8.54. The maximum absolute atomic E-state index is 11.7.